The monoisotopic (exact) mass is 519 g/mol. The van der Waals surface area contributed by atoms with Gasteiger partial charge >= 0.3 is 0 Å². The largest absolute Gasteiger partial charge is 0.493 e. The number of carbonyl (C=O) groups is 2. The number of halogens is 3. The van der Waals surface area contributed by atoms with E-state index in [1.54, 1.807) is 30.3 Å². The predicted molar refractivity (Wildman–Crippen MR) is 133 cm³/mol. The minimum Gasteiger partial charge on any atom is -0.493 e. The van der Waals surface area contributed by atoms with Gasteiger partial charge in [0.2, 0.25) is 0 Å². The van der Waals surface area contributed by atoms with Crippen molar-refractivity contribution in [2.24, 2.45) is 5.10 Å². The van der Waals surface area contributed by atoms with Crippen LogP contribution in [-0.4, -0.2) is 31.7 Å². The topological polar surface area (TPSA) is 89.0 Å². The van der Waals surface area contributed by atoms with E-state index in [2.05, 4.69) is 15.8 Å². The first kappa shape index (κ1) is 25.4. The molecule has 0 unspecified atom stereocenters. The van der Waals surface area contributed by atoms with Crippen molar-refractivity contribution < 1.29 is 19.1 Å². The van der Waals surface area contributed by atoms with Gasteiger partial charge in [-0.05, 0) is 59.7 Å². The van der Waals surface area contributed by atoms with Crippen molar-refractivity contribution >= 4 is 52.8 Å². The van der Waals surface area contributed by atoms with Gasteiger partial charge < -0.3 is 14.8 Å². The summed E-state index contributed by atoms with van der Waals surface area (Å²) < 4.78 is 11.2. The van der Waals surface area contributed by atoms with Crippen LogP contribution in [-0.2, 0) is 11.4 Å². The Labute approximate surface area is 211 Å². The molecule has 0 heterocycles. The number of methoxy groups -OCH3 is 1. The molecular weight excluding hydrogens is 501 g/mol. The molecule has 0 aliphatic carbocycles. The summed E-state index contributed by atoms with van der Waals surface area (Å²) in [6.45, 7) is 0.0855. The van der Waals surface area contributed by atoms with Crippen LogP contribution in [0.25, 0.3) is 0 Å². The summed E-state index contributed by atoms with van der Waals surface area (Å²) in [4.78, 5) is 24.1. The fourth-order valence-corrected chi connectivity index (χ4v) is 3.17. The second-order valence-electron chi connectivity index (χ2n) is 6.93. The fraction of sp³-hybridized carbons (Fsp3) is 0.125. The third kappa shape index (κ3) is 7.38. The molecule has 0 saturated heterocycles. The molecule has 0 aliphatic rings. The highest BCUT2D eigenvalue weighted by molar-refractivity contribution is 6.42. The Morgan fingerprint density at radius 1 is 0.941 bits per heavy atom. The zero-order valence-electron chi connectivity index (χ0n) is 18.0. The van der Waals surface area contributed by atoms with Crippen molar-refractivity contribution in [3.63, 3.8) is 0 Å². The summed E-state index contributed by atoms with van der Waals surface area (Å²) in [5.74, 6) is 0.109. The molecule has 0 spiro atoms. The van der Waals surface area contributed by atoms with Crippen LogP contribution in [0.3, 0.4) is 0 Å². The summed E-state index contributed by atoms with van der Waals surface area (Å²) in [5, 5.41) is 7.63. The molecule has 34 heavy (non-hydrogen) atoms. The molecule has 10 heteroatoms. The molecule has 0 fully saturated rings. The van der Waals surface area contributed by atoms with E-state index in [4.69, 9.17) is 44.3 Å². The van der Waals surface area contributed by atoms with Gasteiger partial charge in [0.25, 0.3) is 11.8 Å². The van der Waals surface area contributed by atoms with Crippen molar-refractivity contribution in [1.29, 1.82) is 0 Å². The van der Waals surface area contributed by atoms with E-state index < -0.39 is 11.8 Å². The maximum absolute atomic E-state index is 12.1. The van der Waals surface area contributed by atoms with Crippen molar-refractivity contribution in [2.75, 3.05) is 13.7 Å². The van der Waals surface area contributed by atoms with Gasteiger partial charge in [0.05, 0.1) is 29.9 Å². The van der Waals surface area contributed by atoms with Gasteiger partial charge in [-0.15, -0.1) is 0 Å². The van der Waals surface area contributed by atoms with E-state index >= 15 is 0 Å². The summed E-state index contributed by atoms with van der Waals surface area (Å²) in [7, 11) is 1.53. The Morgan fingerprint density at radius 3 is 2.41 bits per heavy atom. The van der Waals surface area contributed by atoms with E-state index in [9.17, 15) is 9.59 Å². The zero-order chi connectivity index (χ0) is 24.5. The fourth-order valence-electron chi connectivity index (χ4n) is 2.74. The van der Waals surface area contributed by atoms with Crippen molar-refractivity contribution in [3.8, 4) is 11.5 Å². The Balaban J connectivity index is 1.50. The molecule has 176 valence electrons. The van der Waals surface area contributed by atoms with E-state index in [0.717, 1.165) is 5.56 Å². The van der Waals surface area contributed by atoms with Crippen LogP contribution in [0, 0.1) is 0 Å². The molecule has 3 aromatic carbocycles. The summed E-state index contributed by atoms with van der Waals surface area (Å²) >= 11 is 17.6. The van der Waals surface area contributed by atoms with Crippen molar-refractivity contribution in [2.45, 2.75) is 6.61 Å². The van der Waals surface area contributed by atoms with Gasteiger partial charge in [0.15, 0.2) is 11.5 Å². The van der Waals surface area contributed by atoms with Crippen LogP contribution in [0.15, 0.2) is 65.8 Å². The normalized spacial score (nSPS) is 10.7. The van der Waals surface area contributed by atoms with Crippen LogP contribution in [0.5, 0.6) is 11.5 Å². The number of hydrazone groups is 1. The SMILES string of the molecule is COc1cc(/C=N/NC(=O)CNC(=O)c2ccc(Cl)c(Cl)c2)ccc1OCc1ccc(Cl)cc1. The van der Waals surface area contributed by atoms with Gasteiger partial charge in [0.1, 0.15) is 6.61 Å². The van der Waals surface area contributed by atoms with Gasteiger partial charge in [0, 0.05) is 10.6 Å². The second-order valence-corrected chi connectivity index (χ2v) is 8.18. The molecule has 0 radical (unpaired) electrons. The lowest BCUT2D eigenvalue weighted by atomic mass is 10.2. The number of rotatable bonds is 9. The molecule has 2 amide bonds. The molecule has 0 aliphatic heterocycles. The minimum atomic E-state index is -0.500. The van der Waals surface area contributed by atoms with Crippen molar-refractivity contribution in [1.82, 2.24) is 10.7 Å². The lowest BCUT2D eigenvalue weighted by molar-refractivity contribution is -0.120. The average molecular weight is 521 g/mol. The maximum atomic E-state index is 12.1. The third-order valence-corrected chi connectivity index (χ3v) is 5.48. The summed E-state index contributed by atoms with van der Waals surface area (Å²) in [6.07, 6.45) is 1.45. The molecule has 3 rings (SSSR count). The van der Waals surface area contributed by atoms with Crippen molar-refractivity contribution in [3.05, 3.63) is 92.4 Å². The van der Waals surface area contributed by atoms with Crippen LogP contribution >= 0.6 is 34.8 Å². The zero-order valence-corrected chi connectivity index (χ0v) is 20.2. The van der Waals surface area contributed by atoms with Crippen LogP contribution in [0.2, 0.25) is 15.1 Å². The predicted octanol–water partition coefficient (Wildman–Crippen LogP) is 5.11. The molecule has 0 aromatic heterocycles. The first-order valence-corrected chi connectivity index (χ1v) is 11.1. The van der Waals surface area contributed by atoms with Gasteiger partial charge in [-0.3, -0.25) is 9.59 Å². The van der Waals surface area contributed by atoms with Gasteiger partial charge in [-0.1, -0.05) is 46.9 Å². The molecular formula is C24H20Cl3N3O4. The third-order valence-electron chi connectivity index (χ3n) is 4.49. The van der Waals surface area contributed by atoms with Gasteiger partial charge in [-0.2, -0.15) is 5.10 Å². The van der Waals surface area contributed by atoms with Gasteiger partial charge in [-0.25, -0.2) is 5.43 Å². The van der Waals surface area contributed by atoms with Crippen LogP contribution in [0.1, 0.15) is 21.5 Å². The van der Waals surface area contributed by atoms with E-state index in [1.807, 2.05) is 12.1 Å². The number of carbonyl (C=O) groups excluding carboxylic acids is 2. The Hall–Kier alpha value is -3.26. The second kappa shape index (κ2) is 12.3. The number of benzene rings is 3. The molecule has 0 atom stereocenters. The first-order chi connectivity index (χ1) is 16.4. The molecule has 3 aromatic rings. The first-order valence-electron chi connectivity index (χ1n) is 9.96. The maximum Gasteiger partial charge on any atom is 0.259 e. The Morgan fingerprint density at radius 2 is 1.71 bits per heavy atom. The molecule has 0 bridgehead atoms. The average Bonchev–Trinajstić information content (AvgIpc) is 2.84. The molecule has 0 saturated carbocycles. The number of nitrogens with zero attached hydrogens (tertiary/aromatic N) is 1. The lowest BCUT2D eigenvalue weighted by Crippen LogP contribution is -2.34. The van der Waals surface area contributed by atoms with Crippen LogP contribution < -0.4 is 20.2 Å². The number of hydrogen-bond acceptors (Lipinski definition) is 5. The highest BCUT2D eigenvalue weighted by Crippen LogP contribution is 2.28. The Kier molecular flexibility index (Phi) is 9.16. The van der Waals surface area contributed by atoms with E-state index in [1.165, 1.54) is 31.5 Å². The number of amides is 2. The Bertz CT molecular complexity index is 1200. The van der Waals surface area contributed by atoms with Crippen LogP contribution in [0.4, 0.5) is 0 Å². The quantitative estimate of drug-likeness (QED) is 0.303. The molecule has 2 N–H and O–H groups in total. The smallest absolute Gasteiger partial charge is 0.259 e. The summed E-state index contributed by atoms with van der Waals surface area (Å²) in [5.41, 5.74) is 4.28. The molecule has 7 nitrogen and oxygen atoms in total. The number of hydrogen-bond donors (Lipinski definition) is 2. The summed E-state index contributed by atoms with van der Waals surface area (Å²) in [6, 6.07) is 17.0. The standard InChI is InChI=1S/C24H20Cl3N3O4/c1-33-22-10-16(4-9-21(22)34-14-15-2-6-18(25)7-3-15)12-29-30-23(31)13-28-24(32)17-5-8-19(26)20(27)11-17/h2-12H,13-14H2,1H3,(H,28,32)(H,30,31)/b29-12+. The lowest BCUT2D eigenvalue weighted by Gasteiger charge is -2.11. The number of ether oxygens (including phenoxy) is 2. The minimum absolute atomic E-state index is 0.250. The number of nitrogens with one attached hydrogen (secondary N) is 2. The van der Waals surface area contributed by atoms with E-state index in [0.29, 0.717) is 33.7 Å². The highest BCUT2D eigenvalue weighted by Gasteiger charge is 2.10. The van der Waals surface area contributed by atoms with E-state index in [-0.39, 0.29) is 17.1 Å². The highest BCUT2D eigenvalue weighted by atomic mass is 35.5.